The molecule has 2 aromatic rings. The maximum atomic E-state index is 2.42. The molecule has 0 atom stereocenters. The number of nitrogens with zero attached hydrogens (tertiary/aromatic N) is 1. The van der Waals surface area contributed by atoms with Gasteiger partial charge >= 0.3 is 0 Å². The molecule has 3 rings (SSSR count). The Labute approximate surface area is 128 Å². The van der Waals surface area contributed by atoms with E-state index in [4.69, 9.17) is 0 Å². The van der Waals surface area contributed by atoms with Gasteiger partial charge in [0.05, 0.1) is 5.41 Å². The summed E-state index contributed by atoms with van der Waals surface area (Å²) in [5.74, 6) is 0. The summed E-state index contributed by atoms with van der Waals surface area (Å²) in [6.07, 6.45) is 1.21. The fraction of sp³-hybridized carbons (Fsp3) is 0.450. The predicted molar refractivity (Wildman–Crippen MR) is 88.5 cm³/mol. The monoisotopic (exact) mass is 280 g/mol. The Hall–Kier alpha value is -1.63. The Morgan fingerprint density at radius 3 is 2.24 bits per heavy atom. The van der Waals surface area contributed by atoms with Crippen LogP contribution in [-0.4, -0.2) is 0 Å². The van der Waals surface area contributed by atoms with Gasteiger partial charge in [-0.1, -0.05) is 32.0 Å². The van der Waals surface area contributed by atoms with Gasteiger partial charge in [0.1, 0.15) is 7.05 Å². The molecule has 0 amide bonds. The molecule has 1 nitrogen and oxygen atoms in total. The van der Waals surface area contributed by atoms with E-state index in [2.05, 4.69) is 82.6 Å². The minimum Gasteiger partial charge on any atom is -0.198 e. The molecule has 0 saturated carbocycles. The number of fused-ring (bicyclic) bond motifs is 1. The maximum Gasteiger partial charge on any atom is 0.212 e. The van der Waals surface area contributed by atoms with E-state index in [0.29, 0.717) is 0 Å². The molecule has 1 heterocycles. The first-order valence-electron chi connectivity index (χ1n) is 7.84. The molecular formula is C20H26N+. The summed E-state index contributed by atoms with van der Waals surface area (Å²) in [7, 11) is 2.23. The molecule has 0 fully saturated rings. The van der Waals surface area contributed by atoms with Gasteiger partial charge in [-0.25, -0.2) is 0 Å². The number of aromatic nitrogens is 1. The molecule has 0 saturated heterocycles. The van der Waals surface area contributed by atoms with Crippen molar-refractivity contribution in [1.82, 2.24) is 0 Å². The van der Waals surface area contributed by atoms with Gasteiger partial charge in [-0.15, -0.1) is 0 Å². The summed E-state index contributed by atoms with van der Waals surface area (Å²) in [6.45, 7) is 11.7. The van der Waals surface area contributed by atoms with Crippen molar-refractivity contribution < 1.29 is 4.57 Å². The molecule has 1 heteroatoms. The zero-order chi connectivity index (χ0) is 15.4. The van der Waals surface area contributed by atoms with E-state index in [-0.39, 0.29) is 10.8 Å². The van der Waals surface area contributed by atoms with E-state index in [1.165, 1.54) is 34.5 Å². The predicted octanol–water partition coefficient (Wildman–Crippen LogP) is 4.45. The Morgan fingerprint density at radius 1 is 0.905 bits per heavy atom. The van der Waals surface area contributed by atoms with E-state index >= 15 is 0 Å². The second kappa shape index (κ2) is 4.43. The SMILES string of the molecule is Cc1ccccc1-c1ccc2c([n+]1C)C(C)(C)CC2(C)C. The summed E-state index contributed by atoms with van der Waals surface area (Å²) in [6, 6.07) is 13.3. The molecule has 1 aromatic heterocycles. The molecule has 0 spiro atoms. The van der Waals surface area contributed by atoms with Crippen molar-refractivity contribution in [2.75, 3.05) is 0 Å². The first kappa shape index (κ1) is 14.3. The average molecular weight is 280 g/mol. The molecule has 110 valence electrons. The zero-order valence-corrected chi connectivity index (χ0v) is 14.1. The van der Waals surface area contributed by atoms with E-state index in [1.54, 1.807) is 0 Å². The second-order valence-electron chi connectivity index (χ2n) is 7.80. The maximum absolute atomic E-state index is 2.42. The fourth-order valence-electron chi connectivity index (χ4n) is 4.43. The standard InChI is InChI=1S/C20H26N/c1-14-9-7-8-10-15(14)17-12-11-16-18(21(17)6)20(4,5)13-19(16,2)3/h7-12H,13H2,1-6H3/q+1. The lowest BCUT2D eigenvalue weighted by Gasteiger charge is -2.20. The molecule has 1 aliphatic rings. The normalized spacial score (nSPS) is 18.6. The van der Waals surface area contributed by atoms with Crippen LogP contribution in [0.25, 0.3) is 11.3 Å². The molecular weight excluding hydrogens is 254 g/mol. The summed E-state index contributed by atoms with van der Waals surface area (Å²) in [5, 5.41) is 0. The highest BCUT2D eigenvalue weighted by Gasteiger charge is 2.48. The Balaban J connectivity index is 2.28. The summed E-state index contributed by atoms with van der Waals surface area (Å²) in [4.78, 5) is 0. The molecule has 21 heavy (non-hydrogen) atoms. The number of pyridine rings is 1. The first-order valence-corrected chi connectivity index (χ1v) is 7.84. The van der Waals surface area contributed by atoms with Crippen LogP contribution in [0.4, 0.5) is 0 Å². The van der Waals surface area contributed by atoms with Gasteiger partial charge in [-0.05, 0) is 50.3 Å². The molecule has 0 unspecified atom stereocenters. The largest absolute Gasteiger partial charge is 0.212 e. The Bertz CT molecular complexity index is 708. The van der Waals surface area contributed by atoms with Crippen LogP contribution >= 0.6 is 0 Å². The Kier molecular flexibility index (Phi) is 3.02. The highest BCUT2D eigenvalue weighted by Crippen LogP contribution is 2.48. The van der Waals surface area contributed by atoms with Crippen LogP contribution in [0.2, 0.25) is 0 Å². The number of aryl methyl sites for hydroxylation is 1. The van der Waals surface area contributed by atoms with Crippen LogP contribution < -0.4 is 4.57 Å². The highest BCUT2D eigenvalue weighted by atomic mass is 15.0. The lowest BCUT2D eigenvalue weighted by molar-refractivity contribution is -0.671. The third-order valence-electron chi connectivity index (χ3n) is 5.03. The van der Waals surface area contributed by atoms with Gasteiger partial charge in [0, 0.05) is 17.2 Å². The topological polar surface area (TPSA) is 3.88 Å². The van der Waals surface area contributed by atoms with Crippen LogP contribution in [0.1, 0.15) is 50.9 Å². The molecule has 1 aromatic carbocycles. The number of benzene rings is 1. The molecule has 0 N–H and O–H groups in total. The third kappa shape index (κ3) is 2.10. The lowest BCUT2D eigenvalue weighted by atomic mass is 9.82. The van der Waals surface area contributed by atoms with Crippen molar-refractivity contribution in [3.05, 3.63) is 53.2 Å². The summed E-state index contributed by atoms with van der Waals surface area (Å²) >= 11 is 0. The summed E-state index contributed by atoms with van der Waals surface area (Å²) < 4.78 is 2.42. The first-order chi connectivity index (χ1) is 9.74. The molecule has 0 bridgehead atoms. The second-order valence-corrected chi connectivity index (χ2v) is 7.80. The van der Waals surface area contributed by atoms with E-state index in [9.17, 15) is 0 Å². The Morgan fingerprint density at radius 2 is 1.57 bits per heavy atom. The van der Waals surface area contributed by atoms with Crippen molar-refractivity contribution in [1.29, 1.82) is 0 Å². The molecule has 0 radical (unpaired) electrons. The van der Waals surface area contributed by atoms with E-state index < -0.39 is 0 Å². The van der Waals surface area contributed by atoms with Crippen molar-refractivity contribution in [3.63, 3.8) is 0 Å². The fourth-order valence-corrected chi connectivity index (χ4v) is 4.43. The van der Waals surface area contributed by atoms with Crippen molar-refractivity contribution in [3.8, 4) is 11.3 Å². The quantitative estimate of drug-likeness (QED) is 0.680. The van der Waals surface area contributed by atoms with Crippen molar-refractivity contribution in [2.24, 2.45) is 7.05 Å². The highest BCUT2D eigenvalue weighted by molar-refractivity contribution is 5.61. The number of rotatable bonds is 1. The lowest BCUT2D eigenvalue weighted by Crippen LogP contribution is -2.41. The van der Waals surface area contributed by atoms with Crippen LogP contribution in [0, 0.1) is 6.92 Å². The van der Waals surface area contributed by atoms with E-state index in [1.807, 2.05) is 0 Å². The van der Waals surface area contributed by atoms with Crippen molar-refractivity contribution >= 4 is 0 Å². The van der Waals surface area contributed by atoms with E-state index in [0.717, 1.165) is 0 Å². The van der Waals surface area contributed by atoms with Crippen molar-refractivity contribution in [2.45, 2.75) is 51.9 Å². The van der Waals surface area contributed by atoms with Gasteiger partial charge in [0.15, 0.2) is 5.69 Å². The minimum absolute atomic E-state index is 0.228. The molecule has 1 aliphatic carbocycles. The van der Waals surface area contributed by atoms with Gasteiger partial charge < -0.3 is 0 Å². The van der Waals surface area contributed by atoms with Crippen LogP contribution in [-0.2, 0) is 17.9 Å². The minimum atomic E-state index is 0.228. The third-order valence-corrected chi connectivity index (χ3v) is 5.03. The number of hydrogen-bond acceptors (Lipinski definition) is 0. The van der Waals surface area contributed by atoms with Gasteiger partial charge in [-0.2, -0.15) is 4.57 Å². The van der Waals surface area contributed by atoms with Gasteiger partial charge in [0.25, 0.3) is 0 Å². The van der Waals surface area contributed by atoms with Crippen LogP contribution in [0.5, 0.6) is 0 Å². The summed E-state index contributed by atoms with van der Waals surface area (Å²) in [5.41, 5.74) is 7.48. The van der Waals surface area contributed by atoms with Gasteiger partial charge in [0.2, 0.25) is 5.69 Å². The zero-order valence-electron chi connectivity index (χ0n) is 14.1. The van der Waals surface area contributed by atoms with Crippen LogP contribution in [0.15, 0.2) is 36.4 Å². The van der Waals surface area contributed by atoms with Crippen LogP contribution in [0.3, 0.4) is 0 Å². The number of hydrogen-bond donors (Lipinski definition) is 0. The van der Waals surface area contributed by atoms with Gasteiger partial charge in [-0.3, -0.25) is 0 Å². The smallest absolute Gasteiger partial charge is 0.198 e. The molecule has 0 aliphatic heterocycles. The average Bonchev–Trinajstić information content (AvgIpc) is 2.57.